The Bertz CT molecular complexity index is 948. The molecule has 3 aromatic rings. The lowest BCUT2D eigenvalue weighted by molar-refractivity contribution is 0.124. The Labute approximate surface area is 162 Å². The monoisotopic (exact) mass is 380 g/mol. The van der Waals surface area contributed by atoms with Crippen molar-refractivity contribution in [2.75, 3.05) is 13.1 Å². The van der Waals surface area contributed by atoms with Gasteiger partial charge in [-0.2, -0.15) is 5.10 Å². The van der Waals surface area contributed by atoms with Gasteiger partial charge in [0.05, 0.1) is 0 Å². The van der Waals surface area contributed by atoms with Crippen molar-refractivity contribution in [2.24, 2.45) is 5.92 Å². The molecule has 0 unspecified atom stereocenters. The topological polar surface area (TPSA) is 82.1 Å². The summed E-state index contributed by atoms with van der Waals surface area (Å²) in [5.74, 6) is 0.105. The van der Waals surface area contributed by atoms with Gasteiger partial charge in [0.25, 0.3) is 0 Å². The van der Waals surface area contributed by atoms with Gasteiger partial charge < -0.3 is 10.0 Å². The average molecular weight is 380 g/mol. The molecule has 0 radical (unpaired) electrons. The second-order valence-corrected chi connectivity index (χ2v) is 7.09. The number of aromatic amines is 1. The summed E-state index contributed by atoms with van der Waals surface area (Å²) < 4.78 is 13.3. The molecule has 2 N–H and O–H groups in total. The van der Waals surface area contributed by atoms with Crippen LogP contribution in [0.5, 0.6) is 0 Å². The van der Waals surface area contributed by atoms with E-state index in [0.717, 1.165) is 47.3 Å². The molecular formula is C21H21FN4O2. The molecule has 1 aliphatic rings. The number of likely N-dealkylation sites (tertiary alicyclic amines) is 1. The summed E-state index contributed by atoms with van der Waals surface area (Å²) in [4.78, 5) is 16.7. The molecule has 6 nitrogen and oxygen atoms in total. The third-order valence-corrected chi connectivity index (χ3v) is 5.31. The number of nitrogens with one attached hydrogen (secondary N) is 1. The summed E-state index contributed by atoms with van der Waals surface area (Å²) in [5.41, 5.74) is 4.63. The minimum Gasteiger partial charge on any atom is -0.465 e. The molecule has 28 heavy (non-hydrogen) atoms. The third kappa shape index (κ3) is 3.74. The van der Waals surface area contributed by atoms with E-state index in [0.29, 0.717) is 19.0 Å². The zero-order valence-electron chi connectivity index (χ0n) is 15.3. The van der Waals surface area contributed by atoms with Crippen LogP contribution in [0, 0.1) is 11.7 Å². The second-order valence-electron chi connectivity index (χ2n) is 7.09. The lowest BCUT2D eigenvalue weighted by Crippen LogP contribution is -2.37. The standard InChI is InChI=1S/C21H21FN4O2/c22-17-3-1-16(2-4-17)20-19(15-5-9-23-10-6-15)18(24-25-20)13-14-7-11-26(12-8-14)21(27)28/h1-6,9-10,14H,7-8,11-13H2,(H,24,25)(H,27,28). The largest absolute Gasteiger partial charge is 0.465 e. The van der Waals surface area contributed by atoms with Crippen molar-refractivity contribution in [3.8, 4) is 22.4 Å². The number of carboxylic acid groups (broad SMARTS) is 1. The van der Waals surface area contributed by atoms with Crippen LogP contribution in [-0.4, -0.2) is 44.4 Å². The van der Waals surface area contributed by atoms with Crippen LogP contribution < -0.4 is 0 Å². The molecule has 0 atom stereocenters. The first-order valence-corrected chi connectivity index (χ1v) is 9.33. The maximum Gasteiger partial charge on any atom is 0.407 e. The summed E-state index contributed by atoms with van der Waals surface area (Å²) in [6, 6.07) is 10.2. The molecule has 1 saturated heterocycles. The number of aromatic nitrogens is 3. The van der Waals surface area contributed by atoms with Crippen molar-refractivity contribution >= 4 is 6.09 Å². The van der Waals surface area contributed by atoms with Gasteiger partial charge in [-0.25, -0.2) is 9.18 Å². The number of hydrogen-bond donors (Lipinski definition) is 2. The Hall–Kier alpha value is -3.22. The number of hydrogen-bond acceptors (Lipinski definition) is 3. The molecule has 7 heteroatoms. The SMILES string of the molecule is O=C(O)N1CCC(Cc2[nH]nc(-c3ccc(F)cc3)c2-c2ccncc2)CC1. The van der Waals surface area contributed by atoms with Crippen LogP contribution in [0.25, 0.3) is 22.4 Å². The Morgan fingerprint density at radius 3 is 2.43 bits per heavy atom. The molecule has 1 amide bonds. The van der Waals surface area contributed by atoms with Crippen molar-refractivity contribution < 1.29 is 14.3 Å². The van der Waals surface area contributed by atoms with Crippen molar-refractivity contribution in [3.05, 3.63) is 60.3 Å². The lowest BCUT2D eigenvalue weighted by Gasteiger charge is -2.29. The van der Waals surface area contributed by atoms with Gasteiger partial charge in [-0.3, -0.25) is 10.1 Å². The molecule has 1 aliphatic heterocycles. The highest BCUT2D eigenvalue weighted by Crippen LogP contribution is 2.35. The lowest BCUT2D eigenvalue weighted by atomic mass is 9.89. The van der Waals surface area contributed by atoms with E-state index in [1.807, 2.05) is 12.1 Å². The predicted molar refractivity (Wildman–Crippen MR) is 103 cm³/mol. The highest BCUT2D eigenvalue weighted by molar-refractivity contribution is 5.82. The molecule has 144 valence electrons. The zero-order valence-corrected chi connectivity index (χ0v) is 15.3. The first-order valence-electron chi connectivity index (χ1n) is 9.33. The minimum atomic E-state index is -0.851. The van der Waals surface area contributed by atoms with Crippen LogP contribution >= 0.6 is 0 Å². The minimum absolute atomic E-state index is 0.282. The molecule has 2 aromatic heterocycles. The highest BCUT2D eigenvalue weighted by atomic mass is 19.1. The number of rotatable bonds is 4. The van der Waals surface area contributed by atoms with E-state index >= 15 is 0 Å². The van der Waals surface area contributed by atoms with E-state index in [4.69, 9.17) is 5.11 Å². The normalized spacial score (nSPS) is 15.0. The molecule has 1 aromatic carbocycles. The maximum absolute atomic E-state index is 13.3. The summed E-state index contributed by atoms with van der Waals surface area (Å²) in [5, 5.41) is 16.8. The molecule has 0 bridgehead atoms. The summed E-state index contributed by atoms with van der Waals surface area (Å²) in [6.45, 7) is 1.12. The van der Waals surface area contributed by atoms with Crippen LogP contribution in [-0.2, 0) is 6.42 Å². The fraction of sp³-hybridized carbons (Fsp3) is 0.286. The fourth-order valence-electron chi connectivity index (χ4n) is 3.79. The van der Waals surface area contributed by atoms with Crippen molar-refractivity contribution in [3.63, 3.8) is 0 Å². The summed E-state index contributed by atoms with van der Waals surface area (Å²) >= 11 is 0. The number of amides is 1. The quantitative estimate of drug-likeness (QED) is 0.710. The molecule has 0 saturated carbocycles. The number of H-pyrrole nitrogens is 1. The average Bonchev–Trinajstić information content (AvgIpc) is 3.13. The van der Waals surface area contributed by atoms with Gasteiger partial charge in [0.15, 0.2) is 0 Å². The van der Waals surface area contributed by atoms with Crippen LogP contribution in [0.15, 0.2) is 48.8 Å². The highest BCUT2D eigenvalue weighted by Gasteiger charge is 2.25. The van der Waals surface area contributed by atoms with E-state index in [2.05, 4.69) is 15.2 Å². The van der Waals surface area contributed by atoms with Crippen LogP contribution in [0.4, 0.5) is 9.18 Å². The zero-order chi connectivity index (χ0) is 19.5. The van der Waals surface area contributed by atoms with Crippen molar-refractivity contribution in [1.82, 2.24) is 20.1 Å². The van der Waals surface area contributed by atoms with Crippen LogP contribution in [0.2, 0.25) is 0 Å². The number of piperidine rings is 1. The van der Waals surface area contributed by atoms with E-state index in [1.54, 1.807) is 24.5 Å². The van der Waals surface area contributed by atoms with Crippen molar-refractivity contribution in [2.45, 2.75) is 19.3 Å². The van der Waals surface area contributed by atoms with Gasteiger partial charge in [-0.05, 0) is 67.1 Å². The predicted octanol–water partition coefficient (Wildman–Crippen LogP) is 4.21. The van der Waals surface area contributed by atoms with Gasteiger partial charge in [0.2, 0.25) is 0 Å². The summed E-state index contributed by atoms with van der Waals surface area (Å²) in [7, 11) is 0. The first kappa shape index (κ1) is 18.2. The van der Waals surface area contributed by atoms with Gasteiger partial charge in [0.1, 0.15) is 11.5 Å². The maximum atomic E-state index is 13.3. The number of halogens is 1. The smallest absolute Gasteiger partial charge is 0.407 e. The Balaban J connectivity index is 1.64. The molecule has 0 spiro atoms. The van der Waals surface area contributed by atoms with Crippen molar-refractivity contribution in [1.29, 1.82) is 0 Å². The molecule has 3 heterocycles. The van der Waals surface area contributed by atoms with Crippen LogP contribution in [0.1, 0.15) is 18.5 Å². The Kier molecular flexibility index (Phi) is 5.06. The number of pyridine rings is 1. The van der Waals surface area contributed by atoms with E-state index in [9.17, 15) is 9.18 Å². The van der Waals surface area contributed by atoms with Gasteiger partial charge in [0, 0.05) is 42.3 Å². The van der Waals surface area contributed by atoms with E-state index in [-0.39, 0.29) is 5.82 Å². The summed E-state index contributed by atoms with van der Waals surface area (Å²) in [6.07, 6.45) is 5.08. The third-order valence-electron chi connectivity index (χ3n) is 5.31. The van der Waals surface area contributed by atoms with Gasteiger partial charge in [-0.15, -0.1) is 0 Å². The van der Waals surface area contributed by atoms with E-state index in [1.165, 1.54) is 17.0 Å². The molecule has 4 rings (SSSR count). The van der Waals surface area contributed by atoms with Gasteiger partial charge in [-0.1, -0.05) is 0 Å². The fourth-order valence-corrected chi connectivity index (χ4v) is 3.79. The molecule has 1 fully saturated rings. The Morgan fingerprint density at radius 2 is 1.79 bits per heavy atom. The second kappa shape index (κ2) is 7.80. The van der Waals surface area contributed by atoms with Gasteiger partial charge >= 0.3 is 6.09 Å². The number of nitrogens with zero attached hydrogens (tertiary/aromatic N) is 3. The Morgan fingerprint density at radius 1 is 1.11 bits per heavy atom. The first-order chi connectivity index (χ1) is 13.6. The van der Waals surface area contributed by atoms with E-state index < -0.39 is 6.09 Å². The molecule has 0 aliphatic carbocycles. The number of carbonyl (C=O) groups is 1. The number of benzene rings is 1. The van der Waals surface area contributed by atoms with Crippen LogP contribution in [0.3, 0.4) is 0 Å². The molecular weight excluding hydrogens is 359 g/mol.